The molecule has 0 N–H and O–H groups in total. The number of likely N-dealkylation sites (N-methyl/N-ethyl adjacent to an activating group) is 1. The third-order valence-corrected chi connectivity index (χ3v) is 4.67. The largest absolute Gasteiger partial charge is 0.359 e. The van der Waals surface area contributed by atoms with Crippen molar-refractivity contribution in [3.8, 4) is 6.07 Å². The van der Waals surface area contributed by atoms with E-state index in [1.165, 1.54) is 5.56 Å². The molecule has 122 valence electrons. The number of aromatic nitrogens is 3. The third-order valence-electron chi connectivity index (χ3n) is 4.67. The van der Waals surface area contributed by atoms with Gasteiger partial charge in [0.15, 0.2) is 5.69 Å². The summed E-state index contributed by atoms with van der Waals surface area (Å²) >= 11 is 0. The average Bonchev–Trinajstić information content (AvgIpc) is 3.11. The van der Waals surface area contributed by atoms with Crippen molar-refractivity contribution < 1.29 is 4.79 Å². The van der Waals surface area contributed by atoms with Crippen LogP contribution >= 0.6 is 0 Å². The first-order chi connectivity index (χ1) is 11.7. The van der Waals surface area contributed by atoms with Crippen LogP contribution < -0.4 is 4.90 Å². The van der Waals surface area contributed by atoms with Crippen molar-refractivity contribution in [2.24, 2.45) is 0 Å². The Morgan fingerprint density at radius 3 is 3.00 bits per heavy atom. The summed E-state index contributed by atoms with van der Waals surface area (Å²) in [7, 11) is 2.00. The molecule has 1 amide bonds. The van der Waals surface area contributed by atoms with Crippen LogP contribution in [0.25, 0.3) is 0 Å². The fraction of sp³-hybridized carbons (Fsp3) is 0.412. The number of fused-ring (bicyclic) bond motifs is 2. The van der Waals surface area contributed by atoms with Gasteiger partial charge in [0, 0.05) is 26.7 Å². The van der Waals surface area contributed by atoms with Gasteiger partial charge in [0.25, 0.3) is 5.91 Å². The van der Waals surface area contributed by atoms with Crippen LogP contribution in [0.3, 0.4) is 0 Å². The van der Waals surface area contributed by atoms with Crippen molar-refractivity contribution in [3.05, 3.63) is 40.8 Å². The van der Waals surface area contributed by atoms with E-state index in [4.69, 9.17) is 5.26 Å². The van der Waals surface area contributed by atoms with Gasteiger partial charge in [-0.1, -0.05) is 6.07 Å². The summed E-state index contributed by atoms with van der Waals surface area (Å²) in [6.07, 6.45) is 1.79. The summed E-state index contributed by atoms with van der Waals surface area (Å²) in [5.74, 6) is 0.846. The third kappa shape index (κ3) is 2.40. The summed E-state index contributed by atoms with van der Waals surface area (Å²) < 4.78 is 1.83. The summed E-state index contributed by atoms with van der Waals surface area (Å²) in [5, 5.41) is 13.3. The van der Waals surface area contributed by atoms with Gasteiger partial charge in [-0.25, -0.2) is 4.98 Å². The predicted octanol–water partition coefficient (Wildman–Crippen LogP) is 1.19. The van der Waals surface area contributed by atoms with E-state index in [2.05, 4.69) is 21.1 Å². The van der Waals surface area contributed by atoms with Crippen LogP contribution in [-0.4, -0.2) is 45.7 Å². The van der Waals surface area contributed by atoms with Gasteiger partial charge in [-0.3, -0.25) is 9.48 Å². The van der Waals surface area contributed by atoms with Crippen LogP contribution in [0.2, 0.25) is 0 Å². The van der Waals surface area contributed by atoms with Gasteiger partial charge in [0.05, 0.1) is 12.2 Å². The predicted molar refractivity (Wildman–Crippen MR) is 87.5 cm³/mol. The van der Waals surface area contributed by atoms with Gasteiger partial charge in [-0.15, -0.1) is 0 Å². The van der Waals surface area contributed by atoms with Crippen molar-refractivity contribution in [2.75, 3.05) is 25.0 Å². The number of pyridine rings is 1. The van der Waals surface area contributed by atoms with E-state index in [-0.39, 0.29) is 5.91 Å². The van der Waals surface area contributed by atoms with Crippen molar-refractivity contribution >= 4 is 11.7 Å². The van der Waals surface area contributed by atoms with Crippen LogP contribution in [0.5, 0.6) is 0 Å². The highest BCUT2D eigenvalue weighted by molar-refractivity contribution is 5.93. The van der Waals surface area contributed by atoms with E-state index in [9.17, 15) is 4.79 Å². The number of carbonyl (C=O) groups is 1. The highest BCUT2D eigenvalue weighted by Crippen LogP contribution is 2.25. The molecule has 4 heterocycles. The Morgan fingerprint density at radius 1 is 1.29 bits per heavy atom. The molecule has 0 fully saturated rings. The second-order valence-electron chi connectivity index (χ2n) is 6.29. The van der Waals surface area contributed by atoms with Gasteiger partial charge in [0.1, 0.15) is 17.6 Å². The molecular formula is C17H18N6O. The van der Waals surface area contributed by atoms with Crippen LogP contribution in [0.15, 0.2) is 18.2 Å². The monoisotopic (exact) mass is 322 g/mol. The van der Waals surface area contributed by atoms with Crippen molar-refractivity contribution in [2.45, 2.75) is 25.9 Å². The number of anilines is 1. The molecule has 0 unspecified atom stereocenters. The molecule has 7 nitrogen and oxygen atoms in total. The number of carbonyl (C=O) groups excluding carboxylic acids is 1. The zero-order valence-electron chi connectivity index (χ0n) is 13.6. The molecule has 2 aliphatic rings. The van der Waals surface area contributed by atoms with E-state index in [0.29, 0.717) is 24.5 Å². The molecule has 0 spiro atoms. The maximum absolute atomic E-state index is 12.9. The number of hydrogen-bond acceptors (Lipinski definition) is 5. The fourth-order valence-corrected chi connectivity index (χ4v) is 3.37. The lowest BCUT2D eigenvalue weighted by Gasteiger charge is -2.20. The van der Waals surface area contributed by atoms with Crippen molar-refractivity contribution in [3.63, 3.8) is 0 Å². The van der Waals surface area contributed by atoms with Gasteiger partial charge < -0.3 is 9.80 Å². The molecule has 0 saturated carbocycles. The summed E-state index contributed by atoms with van der Waals surface area (Å²) in [6.45, 7) is 2.79. The number of nitrogens with zero attached hydrogens (tertiary/aromatic N) is 6. The normalized spacial score (nSPS) is 16.3. The Hall–Kier alpha value is -2.88. The topological polar surface area (TPSA) is 78.0 Å². The summed E-state index contributed by atoms with van der Waals surface area (Å²) in [4.78, 5) is 21.4. The number of rotatable bonds is 1. The lowest BCUT2D eigenvalue weighted by atomic mass is 10.2. The zero-order chi connectivity index (χ0) is 16.7. The van der Waals surface area contributed by atoms with E-state index in [1.54, 1.807) is 11.0 Å². The Morgan fingerprint density at radius 2 is 2.17 bits per heavy atom. The first-order valence-electron chi connectivity index (χ1n) is 8.13. The van der Waals surface area contributed by atoms with Gasteiger partial charge in [0.2, 0.25) is 0 Å². The highest BCUT2D eigenvalue weighted by Gasteiger charge is 2.25. The van der Waals surface area contributed by atoms with Crippen LogP contribution in [0, 0.1) is 11.3 Å². The first-order valence-corrected chi connectivity index (χ1v) is 8.13. The molecule has 4 rings (SSSR count). The van der Waals surface area contributed by atoms with Crippen LogP contribution in [0.1, 0.15) is 33.9 Å². The fourth-order valence-electron chi connectivity index (χ4n) is 3.37. The molecule has 0 atom stereocenters. The molecule has 2 aromatic heterocycles. The van der Waals surface area contributed by atoms with Gasteiger partial charge in [-0.05, 0) is 30.5 Å². The molecule has 0 aromatic carbocycles. The van der Waals surface area contributed by atoms with E-state index < -0.39 is 0 Å². The minimum Gasteiger partial charge on any atom is -0.359 e. The van der Waals surface area contributed by atoms with Gasteiger partial charge >= 0.3 is 0 Å². The molecule has 0 radical (unpaired) electrons. The number of nitriles is 1. The Bertz CT molecular complexity index is 849. The van der Waals surface area contributed by atoms with Crippen LogP contribution in [-0.2, 0) is 19.5 Å². The minimum atomic E-state index is -0.0637. The molecule has 7 heteroatoms. The second-order valence-corrected chi connectivity index (χ2v) is 6.29. The zero-order valence-corrected chi connectivity index (χ0v) is 13.6. The number of amides is 1. The standard InChI is InChI=1S/C17H18N6O/c1-21-8-5-12-3-4-15(19-16(12)21)17(24)22-6-2-7-23-14(11-22)9-13(10-18)20-23/h3-4,9H,2,5-8,11H2,1H3. The Labute approximate surface area is 140 Å². The first kappa shape index (κ1) is 14.7. The van der Waals surface area contributed by atoms with E-state index >= 15 is 0 Å². The molecule has 24 heavy (non-hydrogen) atoms. The van der Waals surface area contributed by atoms with Gasteiger partial charge in [-0.2, -0.15) is 10.4 Å². The maximum atomic E-state index is 12.9. The molecule has 2 aromatic rings. The summed E-state index contributed by atoms with van der Waals surface area (Å²) in [5.41, 5.74) is 2.98. The maximum Gasteiger partial charge on any atom is 0.272 e. The Kier molecular flexibility index (Phi) is 3.45. The van der Waals surface area contributed by atoms with Crippen molar-refractivity contribution in [1.29, 1.82) is 5.26 Å². The lowest BCUT2D eigenvalue weighted by Crippen LogP contribution is -2.31. The minimum absolute atomic E-state index is 0.0637. The molecule has 2 aliphatic heterocycles. The Balaban J connectivity index is 1.60. The number of aryl methyl sites for hydroxylation is 1. The van der Waals surface area contributed by atoms with Crippen LogP contribution in [0.4, 0.5) is 5.82 Å². The SMILES string of the molecule is CN1CCc2ccc(C(=O)N3CCCn4nc(C#N)cc4C3)nc21. The summed E-state index contributed by atoms with van der Waals surface area (Å²) in [6, 6.07) is 7.65. The smallest absolute Gasteiger partial charge is 0.272 e. The quantitative estimate of drug-likeness (QED) is 0.788. The second kappa shape index (κ2) is 5.64. The lowest BCUT2D eigenvalue weighted by molar-refractivity contribution is 0.0740. The number of hydrogen-bond donors (Lipinski definition) is 0. The van der Waals surface area contributed by atoms with Crippen molar-refractivity contribution in [1.82, 2.24) is 19.7 Å². The molecule has 0 aliphatic carbocycles. The van der Waals surface area contributed by atoms with E-state index in [1.807, 2.05) is 23.9 Å². The average molecular weight is 322 g/mol. The molecule has 0 saturated heterocycles. The highest BCUT2D eigenvalue weighted by atomic mass is 16.2. The molecular weight excluding hydrogens is 304 g/mol. The molecule has 0 bridgehead atoms. The van der Waals surface area contributed by atoms with E-state index in [0.717, 1.165) is 37.4 Å².